The second kappa shape index (κ2) is 3.56. The first-order valence-corrected chi connectivity index (χ1v) is 5.16. The zero-order valence-electron chi connectivity index (χ0n) is 9.03. The van der Waals surface area contributed by atoms with E-state index >= 15 is 0 Å². The van der Waals surface area contributed by atoms with Gasteiger partial charge >= 0.3 is 0 Å². The topological polar surface area (TPSA) is 72.9 Å². The monoisotopic (exact) mass is 208 g/mol. The smallest absolute Gasteiger partial charge is 0.256 e. The van der Waals surface area contributed by atoms with Crippen molar-refractivity contribution in [2.45, 2.75) is 25.8 Å². The molecule has 0 spiro atoms. The molecular formula is C10H16N4O. The lowest BCUT2D eigenvalue weighted by molar-refractivity contribution is 0.0897. The Morgan fingerprint density at radius 3 is 2.80 bits per heavy atom. The summed E-state index contributed by atoms with van der Waals surface area (Å²) in [5, 5.41) is 6.88. The van der Waals surface area contributed by atoms with Crippen LogP contribution in [0.5, 0.6) is 0 Å². The van der Waals surface area contributed by atoms with Gasteiger partial charge in [-0.15, -0.1) is 0 Å². The molecule has 2 rings (SSSR count). The van der Waals surface area contributed by atoms with Crippen LogP contribution < -0.4 is 11.1 Å². The average Bonchev–Trinajstić information content (AvgIpc) is 2.45. The number of carbonyl (C=O) groups excluding carboxylic acids is 1. The molecule has 1 fully saturated rings. The third-order valence-corrected chi connectivity index (χ3v) is 2.94. The largest absolute Gasteiger partial charge is 0.383 e. The van der Waals surface area contributed by atoms with E-state index in [1.807, 2.05) is 0 Å². The first-order valence-electron chi connectivity index (χ1n) is 5.16. The van der Waals surface area contributed by atoms with Crippen molar-refractivity contribution in [2.75, 3.05) is 5.73 Å². The number of hydrogen-bond acceptors (Lipinski definition) is 3. The first kappa shape index (κ1) is 10.0. The molecule has 0 aromatic carbocycles. The van der Waals surface area contributed by atoms with Crippen molar-refractivity contribution in [2.24, 2.45) is 13.0 Å². The highest BCUT2D eigenvalue weighted by Crippen LogP contribution is 2.26. The molecule has 1 amide bonds. The highest BCUT2D eigenvalue weighted by atomic mass is 16.1. The van der Waals surface area contributed by atoms with E-state index in [-0.39, 0.29) is 5.91 Å². The molecule has 0 atom stereocenters. The summed E-state index contributed by atoms with van der Waals surface area (Å²) in [6.07, 6.45) is 3.63. The van der Waals surface area contributed by atoms with Crippen molar-refractivity contribution in [3.05, 3.63) is 11.8 Å². The minimum Gasteiger partial charge on any atom is -0.383 e. The van der Waals surface area contributed by atoms with Crippen LogP contribution in [-0.4, -0.2) is 21.7 Å². The number of amides is 1. The Morgan fingerprint density at radius 1 is 1.67 bits per heavy atom. The molecule has 0 aliphatic heterocycles. The maximum atomic E-state index is 11.7. The fourth-order valence-corrected chi connectivity index (χ4v) is 1.91. The third-order valence-electron chi connectivity index (χ3n) is 2.94. The summed E-state index contributed by atoms with van der Waals surface area (Å²) in [4.78, 5) is 11.7. The molecule has 0 saturated heterocycles. The Labute approximate surface area is 88.6 Å². The van der Waals surface area contributed by atoms with Gasteiger partial charge < -0.3 is 11.1 Å². The highest BCUT2D eigenvalue weighted by Gasteiger charge is 2.27. The number of nitrogens with zero attached hydrogens (tertiary/aromatic N) is 2. The maximum Gasteiger partial charge on any atom is 0.256 e. The summed E-state index contributed by atoms with van der Waals surface area (Å²) >= 11 is 0. The van der Waals surface area contributed by atoms with Crippen LogP contribution in [0.4, 0.5) is 5.82 Å². The molecule has 1 aromatic heterocycles. The summed E-state index contributed by atoms with van der Waals surface area (Å²) in [5.74, 6) is 1.03. The van der Waals surface area contributed by atoms with Crippen molar-refractivity contribution in [1.29, 1.82) is 0 Å². The number of nitrogens with two attached hydrogens (primary N) is 1. The number of nitrogens with one attached hydrogen (secondary N) is 1. The van der Waals surface area contributed by atoms with Crippen LogP contribution in [0.15, 0.2) is 6.20 Å². The average molecular weight is 208 g/mol. The molecule has 1 aliphatic rings. The summed E-state index contributed by atoms with van der Waals surface area (Å²) < 4.78 is 1.50. The fourth-order valence-electron chi connectivity index (χ4n) is 1.91. The lowest BCUT2D eigenvalue weighted by atomic mass is 9.82. The minimum absolute atomic E-state index is 0.113. The number of anilines is 1. The number of nitrogen functional groups attached to an aromatic ring is 1. The van der Waals surface area contributed by atoms with Gasteiger partial charge in [0.1, 0.15) is 11.4 Å². The Balaban J connectivity index is 1.99. The van der Waals surface area contributed by atoms with Crippen molar-refractivity contribution in [3.63, 3.8) is 0 Å². The molecule has 5 nitrogen and oxygen atoms in total. The van der Waals surface area contributed by atoms with Gasteiger partial charge in [-0.3, -0.25) is 9.48 Å². The van der Waals surface area contributed by atoms with Crippen LogP contribution in [0.3, 0.4) is 0 Å². The number of hydrogen-bond donors (Lipinski definition) is 2. The fraction of sp³-hybridized carbons (Fsp3) is 0.600. The Kier molecular flexibility index (Phi) is 2.38. The molecule has 1 saturated carbocycles. The van der Waals surface area contributed by atoms with Gasteiger partial charge in [-0.25, -0.2) is 0 Å². The van der Waals surface area contributed by atoms with E-state index in [0.717, 1.165) is 18.8 Å². The second-order valence-electron chi connectivity index (χ2n) is 4.31. The summed E-state index contributed by atoms with van der Waals surface area (Å²) in [6.45, 7) is 2.18. The van der Waals surface area contributed by atoms with E-state index in [2.05, 4.69) is 17.3 Å². The van der Waals surface area contributed by atoms with Crippen molar-refractivity contribution in [3.8, 4) is 0 Å². The van der Waals surface area contributed by atoms with Gasteiger partial charge in [0.25, 0.3) is 5.91 Å². The zero-order chi connectivity index (χ0) is 11.0. The standard InChI is InChI=1S/C10H16N4O/c1-6-3-7(4-6)13-10(15)8-5-12-14(2)9(8)11/h5-7H,3-4,11H2,1-2H3,(H,13,15). The van der Waals surface area contributed by atoms with Crippen LogP contribution in [-0.2, 0) is 7.05 Å². The number of carbonyl (C=O) groups is 1. The normalized spacial score (nSPS) is 24.7. The minimum atomic E-state index is -0.113. The molecule has 0 bridgehead atoms. The van der Waals surface area contributed by atoms with Gasteiger partial charge in [-0.05, 0) is 18.8 Å². The maximum absolute atomic E-state index is 11.7. The number of aryl methyl sites for hydroxylation is 1. The zero-order valence-corrected chi connectivity index (χ0v) is 9.03. The lowest BCUT2D eigenvalue weighted by Crippen LogP contribution is -2.43. The van der Waals surface area contributed by atoms with Crippen LogP contribution in [0.25, 0.3) is 0 Å². The van der Waals surface area contributed by atoms with E-state index in [4.69, 9.17) is 5.73 Å². The van der Waals surface area contributed by atoms with Crippen molar-refractivity contribution in [1.82, 2.24) is 15.1 Å². The second-order valence-corrected chi connectivity index (χ2v) is 4.31. The quantitative estimate of drug-likeness (QED) is 0.744. The predicted molar refractivity (Wildman–Crippen MR) is 57.3 cm³/mol. The van der Waals surface area contributed by atoms with Crippen LogP contribution in [0, 0.1) is 5.92 Å². The van der Waals surface area contributed by atoms with E-state index < -0.39 is 0 Å². The molecule has 3 N–H and O–H groups in total. The number of aromatic nitrogens is 2. The summed E-state index contributed by atoms with van der Waals surface area (Å²) in [7, 11) is 1.72. The van der Waals surface area contributed by atoms with Gasteiger partial charge in [0, 0.05) is 13.1 Å². The summed E-state index contributed by atoms with van der Waals surface area (Å²) in [6, 6.07) is 0.312. The van der Waals surface area contributed by atoms with Crippen LogP contribution >= 0.6 is 0 Å². The molecule has 15 heavy (non-hydrogen) atoms. The first-order chi connectivity index (χ1) is 7.08. The molecule has 0 unspecified atom stereocenters. The summed E-state index contributed by atoms with van der Waals surface area (Å²) in [5.41, 5.74) is 6.18. The molecule has 5 heteroatoms. The molecule has 0 radical (unpaired) electrons. The van der Waals surface area contributed by atoms with Gasteiger partial charge in [-0.2, -0.15) is 5.10 Å². The molecule has 1 heterocycles. The van der Waals surface area contributed by atoms with E-state index in [1.165, 1.54) is 10.9 Å². The predicted octanol–water partition coefficient (Wildman–Crippen LogP) is 0.531. The Bertz CT molecular complexity index is 379. The number of rotatable bonds is 2. The van der Waals surface area contributed by atoms with E-state index in [9.17, 15) is 4.79 Å². The third kappa shape index (κ3) is 1.82. The van der Waals surface area contributed by atoms with E-state index in [1.54, 1.807) is 7.05 Å². The van der Waals surface area contributed by atoms with E-state index in [0.29, 0.717) is 17.4 Å². The molecule has 1 aromatic rings. The lowest BCUT2D eigenvalue weighted by Gasteiger charge is -2.33. The Hall–Kier alpha value is -1.52. The van der Waals surface area contributed by atoms with Crippen LogP contribution in [0.1, 0.15) is 30.1 Å². The van der Waals surface area contributed by atoms with Gasteiger partial charge in [0.05, 0.1) is 6.20 Å². The van der Waals surface area contributed by atoms with Crippen LogP contribution in [0.2, 0.25) is 0 Å². The van der Waals surface area contributed by atoms with Crippen molar-refractivity contribution >= 4 is 11.7 Å². The highest BCUT2D eigenvalue weighted by molar-refractivity contribution is 5.98. The molecule has 1 aliphatic carbocycles. The Morgan fingerprint density at radius 2 is 2.33 bits per heavy atom. The van der Waals surface area contributed by atoms with Gasteiger partial charge in [0.15, 0.2) is 0 Å². The van der Waals surface area contributed by atoms with Crippen molar-refractivity contribution < 1.29 is 4.79 Å². The molecule has 82 valence electrons. The van der Waals surface area contributed by atoms with Gasteiger partial charge in [0.2, 0.25) is 0 Å². The SMILES string of the molecule is CC1CC(NC(=O)c2cnn(C)c2N)C1. The van der Waals surface area contributed by atoms with Gasteiger partial charge in [-0.1, -0.05) is 6.92 Å². The molecular weight excluding hydrogens is 192 g/mol.